The first-order chi connectivity index (χ1) is 43.0. The number of carboxylic acid groups (broad SMARTS) is 1. The Hall–Kier alpha value is -9.90. The van der Waals surface area contributed by atoms with E-state index in [9.17, 15) is 68.1 Å². The highest BCUT2D eigenvalue weighted by atomic mass is 16.4. The minimum atomic E-state index is -1.78. The van der Waals surface area contributed by atoms with Crippen LogP contribution >= 0.6 is 0 Å². The van der Waals surface area contributed by atoms with E-state index < -0.39 is 164 Å². The van der Waals surface area contributed by atoms with Crippen molar-refractivity contribution in [3.8, 4) is 5.75 Å². The van der Waals surface area contributed by atoms with Crippen LogP contribution < -0.4 is 65.1 Å². The Morgan fingerprint density at radius 3 is 1.46 bits per heavy atom. The molecule has 0 spiro atoms. The number of carboxylic acids is 1. The van der Waals surface area contributed by atoms with Crippen molar-refractivity contribution >= 4 is 92.8 Å². The number of benzene rings is 3. The second kappa shape index (κ2) is 34.2. The van der Waals surface area contributed by atoms with Crippen molar-refractivity contribution in [1.29, 1.82) is 0 Å². The highest BCUT2D eigenvalue weighted by Crippen LogP contribution is 2.22. The van der Waals surface area contributed by atoms with Crippen LogP contribution in [0, 0.1) is 17.8 Å². The van der Waals surface area contributed by atoms with Crippen LogP contribution in [0.15, 0.2) is 85.2 Å². The third-order valence-electron chi connectivity index (χ3n) is 14.7. The number of hydrogen-bond acceptors (Lipinski definition) is 15. The number of aromatic hydroxyl groups is 1. The standard InChI is InChI=1S/C62H84N14O15/c1-31(2)21-44(70-54(82)40(63)23-34-15-17-37(78)18-16-34)57(85)71-45(24-35-27-66-41-13-9-7-11-38(35)41)58(86)72-46(25-36-28-67-42-14-10-8-12-39(36)42)59(87)76-53(33(5)6)61(89)73-47(26-51(65)80)55(83)68-29-52(81)69-43(19-20-50(64)79)56(84)75-49(30-77)60(88)74-48(62(90)91)22-32(3)4/h7-18,27-28,31-33,40,43-49,53,66-67,77-78H,19-26,29-30,63H2,1-6H3,(H2,64,79)(H2,65,80)(H,68,83)(H,69,81)(H,70,82)(H,71,85)(H,72,86)(H,73,89)(H,74,88)(H,75,84)(H,76,87)(H,90,91)/t40-,43-,44-,45-,46-,47-,48-,49-,53-/m0/s1. The highest BCUT2D eigenvalue weighted by molar-refractivity contribution is 6.00. The fourth-order valence-corrected chi connectivity index (χ4v) is 9.95. The summed E-state index contributed by atoms with van der Waals surface area (Å²) in [5.74, 6) is -12.9. The van der Waals surface area contributed by atoms with Crippen molar-refractivity contribution in [3.63, 3.8) is 0 Å². The van der Waals surface area contributed by atoms with Crippen molar-refractivity contribution in [2.24, 2.45) is 35.0 Å². The number of carbonyl (C=O) groups excluding carboxylic acids is 11. The summed E-state index contributed by atoms with van der Waals surface area (Å²) >= 11 is 0. The lowest BCUT2D eigenvalue weighted by Crippen LogP contribution is -2.61. The summed E-state index contributed by atoms with van der Waals surface area (Å²) in [5, 5.41) is 53.1. The van der Waals surface area contributed by atoms with E-state index in [0.29, 0.717) is 27.6 Å². The Kier molecular flexibility index (Phi) is 27.0. The fourth-order valence-electron chi connectivity index (χ4n) is 9.95. The van der Waals surface area contributed by atoms with Crippen LogP contribution in [0.4, 0.5) is 0 Å². The van der Waals surface area contributed by atoms with Crippen LogP contribution in [0.3, 0.4) is 0 Å². The van der Waals surface area contributed by atoms with Crippen LogP contribution in [0.2, 0.25) is 0 Å². The van der Waals surface area contributed by atoms with Gasteiger partial charge in [0.2, 0.25) is 65.0 Å². The molecule has 29 nitrogen and oxygen atoms in total. The Morgan fingerprint density at radius 1 is 0.495 bits per heavy atom. The fraction of sp³-hybridized carbons (Fsp3) is 0.452. The zero-order valence-corrected chi connectivity index (χ0v) is 51.6. The molecule has 29 heteroatoms. The summed E-state index contributed by atoms with van der Waals surface area (Å²) in [7, 11) is 0. The van der Waals surface area contributed by atoms with Crippen molar-refractivity contribution in [1.82, 2.24) is 57.8 Å². The molecule has 91 heavy (non-hydrogen) atoms. The normalized spacial score (nSPS) is 14.3. The van der Waals surface area contributed by atoms with Crippen molar-refractivity contribution < 1.29 is 72.9 Å². The van der Waals surface area contributed by atoms with Gasteiger partial charge in [0.05, 0.1) is 25.6 Å². The average Bonchev–Trinajstić information content (AvgIpc) is 1.97. The molecule has 0 aliphatic carbocycles. The number of phenolic OH excluding ortho intramolecular Hbond substituents is 1. The van der Waals surface area contributed by atoms with Crippen molar-refractivity contribution in [3.05, 3.63) is 102 Å². The third kappa shape index (κ3) is 22.3. The minimum Gasteiger partial charge on any atom is -0.508 e. The predicted molar refractivity (Wildman–Crippen MR) is 333 cm³/mol. The van der Waals surface area contributed by atoms with Crippen LogP contribution in [0.5, 0.6) is 5.75 Å². The van der Waals surface area contributed by atoms with E-state index >= 15 is 4.79 Å². The summed E-state index contributed by atoms with van der Waals surface area (Å²) in [6.45, 7) is 8.30. The molecular formula is C62H84N14O15. The van der Waals surface area contributed by atoms with Gasteiger partial charge in [-0.05, 0) is 84.4 Å². The number of H-pyrrole nitrogens is 2. The third-order valence-corrected chi connectivity index (χ3v) is 14.7. The average molecular weight is 1270 g/mol. The lowest BCUT2D eigenvalue weighted by molar-refractivity contribution is -0.143. The van der Waals surface area contributed by atoms with Gasteiger partial charge in [0, 0.05) is 53.5 Å². The summed E-state index contributed by atoms with van der Waals surface area (Å²) in [4.78, 5) is 168. The molecule has 0 aliphatic rings. The summed E-state index contributed by atoms with van der Waals surface area (Å²) in [6.07, 6.45) is 1.49. The van der Waals surface area contributed by atoms with Gasteiger partial charge in [0.15, 0.2) is 0 Å². The molecule has 0 saturated carbocycles. The van der Waals surface area contributed by atoms with E-state index in [-0.39, 0.29) is 49.7 Å². The predicted octanol–water partition coefficient (Wildman–Crippen LogP) is -1.33. The van der Waals surface area contributed by atoms with E-state index in [2.05, 4.69) is 57.8 Å². The number of aliphatic hydroxyl groups excluding tert-OH is 1. The van der Waals surface area contributed by atoms with Gasteiger partial charge < -0.3 is 90.3 Å². The van der Waals surface area contributed by atoms with Crippen LogP contribution in [-0.4, -0.2) is 164 Å². The van der Waals surface area contributed by atoms with Gasteiger partial charge in [-0.1, -0.05) is 90.1 Å². The van der Waals surface area contributed by atoms with Gasteiger partial charge in [-0.15, -0.1) is 0 Å². The number of carbonyl (C=O) groups is 12. The molecule has 0 radical (unpaired) electrons. The molecule has 0 saturated heterocycles. The summed E-state index contributed by atoms with van der Waals surface area (Å²) in [5.41, 5.74) is 20.4. The molecule has 2 aromatic heterocycles. The van der Waals surface area contributed by atoms with E-state index in [4.69, 9.17) is 17.2 Å². The number of para-hydroxylation sites is 2. The molecule has 492 valence electrons. The molecule has 20 N–H and O–H groups in total. The largest absolute Gasteiger partial charge is 0.508 e. The number of primary amides is 2. The molecular weight excluding hydrogens is 1180 g/mol. The first-order valence-electron chi connectivity index (χ1n) is 29.8. The van der Waals surface area contributed by atoms with Gasteiger partial charge in [0.1, 0.15) is 54.1 Å². The number of aromatic amines is 2. The Balaban J connectivity index is 1.37. The number of hydrogen-bond donors (Lipinski definition) is 17. The molecule has 0 bridgehead atoms. The van der Waals surface area contributed by atoms with Gasteiger partial charge in [-0.2, -0.15) is 0 Å². The van der Waals surface area contributed by atoms with E-state index in [1.165, 1.54) is 12.1 Å². The number of phenols is 1. The minimum absolute atomic E-state index is 0.0125. The Labute approximate surface area is 524 Å². The smallest absolute Gasteiger partial charge is 0.326 e. The van der Waals surface area contributed by atoms with E-state index in [1.807, 2.05) is 32.0 Å². The van der Waals surface area contributed by atoms with Gasteiger partial charge in [0.25, 0.3) is 0 Å². The molecule has 5 aromatic rings. The van der Waals surface area contributed by atoms with Gasteiger partial charge in [-0.3, -0.25) is 52.7 Å². The van der Waals surface area contributed by atoms with Crippen LogP contribution in [-0.2, 0) is 76.8 Å². The molecule has 0 unspecified atom stereocenters. The van der Waals surface area contributed by atoms with Crippen molar-refractivity contribution in [2.45, 2.75) is 147 Å². The molecule has 3 aromatic carbocycles. The Morgan fingerprint density at radius 2 is 0.956 bits per heavy atom. The highest BCUT2D eigenvalue weighted by Gasteiger charge is 2.36. The maximum atomic E-state index is 15.0. The first kappa shape index (κ1) is 71.8. The number of fused-ring (bicyclic) bond motifs is 2. The van der Waals surface area contributed by atoms with Crippen LogP contribution in [0.1, 0.15) is 90.3 Å². The molecule has 5 rings (SSSR count). The lowest BCUT2D eigenvalue weighted by Gasteiger charge is -2.29. The molecule has 11 amide bonds. The molecule has 9 atom stereocenters. The zero-order valence-electron chi connectivity index (χ0n) is 51.6. The first-order valence-corrected chi connectivity index (χ1v) is 29.8. The number of amides is 11. The second-order valence-electron chi connectivity index (χ2n) is 23.5. The molecule has 0 fully saturated rings. The molecule has 2 heterocycles. The van der Waals surface area contributed by atoms with Gasteiger partial charge >= 0.3 is 5.97 Å². The maximum absolute atomic E-state index is 15.0. The number of nitrogens with one attached hydrogen (secondary N) is 11. The number of rotatable bonds is 36. The quantitative estimate of drug-likeness (QED) is 0.0221. The SMILES string of the molecule is CC(C)C[C@H](NC(=O)[C@H](CO)NC(=O)[C@H](CCC(N)=O)NC(=O)CNC(=O)[C@H](CC(N)=O)NC(=O)[C@@H](NC(=O)[C@H](Cc1c[nH]c2ccccc12)NC(=O)[C@H](Cc1c[nH]c2ccccc12)NC(=O)[C@H](CC(C)C)NC(=O)[C@@H](N)Cc1ccc(O)cc1)C(C)C)C(=O)O. The molecule has 0 aliphatic heterocycles. The maximum Gasteiger partial charge on any atom is 0.326 e. The monoisotopic (exact) mass is 1260 g/mol. The number of aliphatic carboxylic acids is 1. The topological polar surface area (TPSA) is 483 Å². The number of nitrogens with two attached hydrogens (primary N) is 3. The summed E-state index contributed by atoms with van der Waals surface area (Å²) < 4.78 is 0. The zero-order chi connectivity index (χ0) is 67.2. The Bertz CT molecular complexity index is 3400. The van der Waals surface area contributed by atoms with Crippen LogP contribution in [0.25, 0.3) is 21.8 Å². The lowest BCUT2D eigenvalue weighted by atomic mass is 9.98. The summed E-state index contributed by atoms with van der Waals surface area (Å²) in [6, 6.07) is 7.35. The number of aromatic nitrogens is 2. The van der Waals surface area contributed by atoms with Gasteiger partial charge in [-0.25, -0.2) is 4.79 Å². The second-order valence-corrected chi connectivity index (χ2v) is 23.5. The number of aliphatic hydroxyl groups is 1. The van der Waals surface area contributed by atoms with E-state index in [1.54, 1.807) is 82.6 Å². The van der Waals surface area contributed by atoms with Crippen molar-refractivity contribution in [2.75, 3.05) is 13.2 Å². The van der Waals surface area contributed by atoms with E-state index in [0.717, 1.165) is 10.9 Å².